The Labute approximate surface area is 128 Å². The van der Waals surface area contributed by atoms with E-state index in [9.17, 15) is 13.2 Å². The number of nitrogens with one attached hydrogen (secondary N) is 1. The number of hydrogen-bond donors (Lipinski definition) is 1. The minimum atomic E-state index is -2.79. The third-order valence-electron chi connectivity index (χ3n) is 2.97. The van der Waals surface area contributed by atoms with Crippen molar-refractivity contribution in [2.75, 3.05) is 5.32 Å². The molecule has 0 atom stereocenters. The van der Waals surface area contributed by atoms with Gasteiger partial charge in [-0.3, -0.25) is 0 Å². The van der Waals surface area contributed by atoms with Crippen LogP contribution in [0, 0.1) is 12.7 Å². The predicted molar refractivity (Wildman–Crippen MR) is 78.6 cm³/mol. The van der Waals surface area contributed by atoms with Gasteiger partial charge in [-0.2, -0.15) is 0 Å². The Morgan fingerprint density at radius 1 is 1.23 bits per heavy atom. The Bertz CT molecular complexity index is 819. The monoisotopic (exact) mass is 324 g/mol. The molecule has 0 aliphatic rings. The number of rotatable bonds is 4. The molecule has 0 saturated heterocycles. The van der Waals surface area contributed by atoms with Crippen molar-refractivity contribution in [3.8, 4) is 0 Å². The predicted octanol–water partition coefficient (Wildman–Crippen LogP) is 4.08. The van der Waals surface area contributed by atoms with Crippen molar-refractivity contribution in [3.05, 3.63) is 45.9 Å². The second-order valence-corrected chi connectivity index (χ2v) is 5.67. The molecule has 0 bridgehead atoms. The van der Waals surface area contributed by atoms with Crippen LogP contribution in [0.15, 0.2) is 23.6 Å². The first kappa shape index (κ1) is 14.7. The lowest BCUT2D eigenvalue weighted by atomic mass is 10.2. The minimum Gasteiger partial charge on any atom is -0.364 e. The van der Waals surface area contributed by atoms with Crippen LogP contribution in [-0.2, 0) is 6.54 Å². The molecule has 3 rings (SSSR count). The van der Waals surface area contributed by atoms with E-state index in [0.29, 0.717) is 11.9 Å². The highest BCUT2D eigenvalue weighted by atomic mass is 32.1. The molecule has 2 heterocycles. The van der Waals surface area contributed by atoms with Crippen LogP contribution in [0.3, 0.4) is 0 Å². The van der Waals surface area contributed by atoms with Crippen molar-refractivity contribution < 1.29 is 13.2 Å². The van der Waals surface area contributed by atoms with Gasteiger partial charge >= 0.3 is 0 Å². The van der Waals surface area contributed by atoms with Crippen LogP contribution in [0.1, 0.15) is 23.0 Å². The van der Waals surface area contributed by atoms with E-state index in [4.69, 9.17) is 0 Å². The minimum absolute atomic E-state index is 0.172. The van der Waals surface area contributed by atoms with E-state index in [-0.39, 0.29) is 11.3 Å². The molecule has 0 saturated carbocycles. The number of benzene rings is 1. The van der Waals surface area contributed by atoms with Crippen molar-refractivity contribution in [1.82, 2.24) is 15.0 Å². The van der Waals surface area contributed by atoms with Crippen molar-refractivity contribution in [2.24, 2.45) is 0 Å². The highest BCUT2D eigenvalue weighted by Gasteiger charge is 2.15. The average Bonchev–Trinajstić information content (AvgIpc) is 2.90. The summed E-state index contributed by atoms with van der Waals surface area (Å²) in [5, 5.41) is 6.06. The molecule has 0 radical (unpaired) electrons. The van der Waals surface area contributed by atoms with Crippen LogP contribution in [0.2, 0.25) is 0 Å². The molecule has 0 fully saturated rings. The molecule has 22 heavy (non-hydrogen) atoms. The fourth-order valence-corrected chi connectivity index (χ4v) is 2.63. The third kappa shape index (κ3) is 3.01. The fraction of sp³-hybridized carbons (Fsp3) is 0.214. The van der Waals surface area contributed by atoms with Gasteiger partial charge in [-0.1, -0.05) is 0 Å². The van der Waals surface area contributed by atoms with Crippen LogP contribution >= 0.6 is 11.3 Å². The summed E-state index contributed by atoms with van der Waals surface area (Å²) in [6.45, 7) is 2.19. The van der Waals surface area contributed by atoms with E-state index in [0.717, 1.165) is 10.7 Å². The molecule has 0 spiro atoms. The zero-order valence-electron chi connectivity index (χ0n) is 11.5. The zero-order valence-corrected chi connectivity index (χ0v) is 12.3. The van der Waals surface area contributed by atoms with Crippen molar-refractivity contribution >= 4 is 28.1 Å². The first-order valence-corrected chi connectivity index (χ1v) is 7.31. The fourth-order valence-electron chi connectivity index (χ4n) is 2.01. The van der Waals surface area contributed by atoms with Gasteiger partial charge < -0.3 is 5.32 Å². The number of thiazole rings is 1. The molecule has 0 unspecified atom stereocenters. The summed E-state index contributed by atoms with van der Waals surface area (Å²) < 4.78 is 39.2. The lowest BCUT2D eigenvalue weighted by Crippen LogP contribution is -2.06. The standard InChI is InChI=1S/C14H11F3N4S/c1-7-19-9(6-22-7)5-18-13-10-4-8(15)2-3-11(10)20-14(21-13)12(16)17/h2-4,6,12H,5H2,1H3,(H,18,20,21). The maximum atomic E-state index is 13.4. The normalized spacial score (nSPS) is 11.3. The number of nitrogens with zero attached hydrogens (tertiary/aromatic N) is 3. The topological polar surface area (TPSA) is 50.7 Å². The highest BCUT2D eigenvalue weighted by molar-refractivity contribution is 7.09. The number of hydrogen-bond acceptors (Lipinski definition) is 5. The van der Waals surface area contributed by atoms with Crippen LogP contribution < -0.4 is 5.32 Å². The lowest BCUT2D eigenvalue weighted by molar-refractivity contribution is 0.141. The molecule has 0 amide bonds. The van der Waals surface area contributed by atoms with Crippen LogP contribution in [0.4, 0.5) is 19.0 Å². The number of alkyl halides is 2. The van der Waals surface area contributed by atoms with Gasteiger partial charge in [-0.15, -0.1) is 11.3 Å². The van der Waals surface area contributed by atoms with E-state index in [2.05, 4.69) is 20.3 Å². The summed E-state index contributed by atoms with van der Waals surface area (Å²) in [4.78, 5) is 11.8. The van der Waals surface area contributed by atoms with Crippen molar-refractivity contribution in [1.29, 1.82) is 0 Å². The van der Waals surface area contributed by atoms with Gasteiger partial charge in [0.2, 0.25) is 0 Å². The van der Waals surface area contributed by atoms with E-state index in [1.807, 2.05) is 12.3 Å². The molecular formula is C14H11F3N4S. The van der Waals surface area contributed by atoms with Crippen molar-refractivity contribution in [2.45, 2.75) is 19.9 Å². The van der Waals surface area contributed by atoms with Gasteiger partial charge in [-0.25, -0.2) is 28.1 Å². The smallest absolute Gasteiger partial charge is 0.297 e. The molecule has 1 aromatic carbocycles. The summed E-state index contributed by atoms with van der Waals surface area (Å²) >= 11 is 1.49. The Morgan fingerprint density at radius 3 is 2.73 bits per heavy atom. The van der Waals surface area contributed by atoms with Gasteiger partial charge in [0.1, 0.15) is 11.6 Å². The maximum absolute atomic E-state index is 13.4. The largest absolute Gasteiger partial charge is 0.364 e. The summed E-state index contributed by atoms with van der Waals surface area (Å²) in [5.41, 5.74) is 1.04. The van der Waals surface area contributed by atoms with Gasteiger partial charge in [-0.05, 0) is 25.1 Å². The number of aromatic nitrogens is 3. The number of aryl methyl sites for hydroxylation is 1. The van der Waals surface area contributed by atoms with E-state index < -0.39 is 18.1 Å². The van der Waals surface area contributed by atoms with Gasteiger partial charge in [0.05, 0.1) is 22.8 Å². The van der Waals surface area contributed by atoms with Crippen molar-refractivity contribution in [3.63, 3.8) is 0 Å². The Balaban J connectivity index is 1.99. The van der Waals surface area contributed by atoms with Crippen LogP contribution in [0.5, 0.6) is 0 Å². The molecule has 8 heteroatoms. The van der Waals surface area contributed by atoms with E-state index in [1.54, 1.807) is 0 Å². The molecule has 4 nitrogen and oxygen atoms in total. The number of halogens is 3. The van der Waals surface area contributed by atoms with Crippen LogP contribution in [0.25, 0.3) is 10.9 Å². The first-order valence-electron chi connectivity index (χ1n) is 6.43. The molecular weight excluding hydrogens is 313 g/mol. The Kier molecular flexibility index (Phi) is 3.93. The van der Waals surface area contributed by atoms with Gasteiger partial charge in [0.15, 0.2) is 5.82 Å². The highest BCUT2D eigenvalue weighted by Crippen LogP contribution is 2.25. The summed E-state index contributed by atoms with van der Waals surface area (Å²) in [6.07, 6.45) is -2.79. The molecule has 114 valence electrons. The van der Waals surface area contributed by atoms with E-state index >= 15 is 0 Å². The molecule has 2 aromatic heterocycles. The maximum Gasteiger partial charge on any atom is 0.297 e. The lowest BCUT2D eigenvalue weighted by Gasteiger charge is -2.10. The molecule has 3 aromatic rings. The van der Waals surface area contributed by atoms with Crippen LogP contribution in [-0.4, -0.2) is 15.0 Å². The number of anilines is 1. The van der Waals surface area contributed by atoms with E-state index in [1.165, 1.54) is 29.5 Å². The molecule has 1 N–H and O–H groups in total. The van der Waals surface area contributed by atoms with Gasteiger partial charge in [0.25, 0.3) is 6.43 Å². The summed E-state index contributed by atoms with van der Waals surface area (Å²) in [5.74, 6) is -0.894. The summed E-state index contributed by atoms with van der Waals surface area (Å²) in [6, 6.07) is 3.76. The number of fused-ring (bicyclic) bond motifs is 1. The quantitative estimate of drug-likeness (QED) is 0.785. The summed E-state index contributed by atoms with van der Waals surface area (Å²) in [7, 11) is 0. The average molecular weight is 324 g/mol. The zero-order chi connectivity index (χ0) is 15.7. The van der Waals surface area contributed by atoms with Gasteiger partial charge in [0, 0.05) is 10.8 Å². The first-order chi connectivity index (χ1) is 10.5. The second-order valence-electron chi connectivity index (χ2n) is 4.60. The Morgan fingerprint density at radius 2 is 2.05 bits per heavy atom. The Hall–Kier alpha value is -2.22. The SMILES string of the molecule is Cc1nc(CNc2nc(C(F)F)nc3ccc(F)cc23)cs1. The molecule has 0 aliphatic carbocycles. The third-order valence-corrected chi connectivity index (χ3v) is 3.80. The molecule has 0 aliphatic heterocycles. The second kappa shape index (κ2) is 5.88.